The molecule has 1 aromatic heterocycles. The Labute approximate surface area is 173 Å². The molecule has 6 heteroatoms. The number of hydrogen-bond acceptors (Lipinski definition) is 3. The highest BCUT2D eigenvalue weighted by Crippen LogP contribution is 2.46. The van der Waals surface area contributed by atoms with E-state index in [1.54, 1.807) is 0 Å². The Balaban J connectivity index is 1.47. The molecule has 0 saturated carbocycles. The first-order valence-corrected chi connectivity index (χ1v) is 11.2. The van der Waals surface area contributed by atoms with Gasteiger partial charge in [-0.05, 0) is 54.2 Å². The lowest BCUT2D eigenvalue weighted by Crippen LogP contribution is -2.66. The maximum absolute atomic E-state index is 13.6. The van der Waals surface area contributed by atoms with Gasteiger partial charge in [-0.25, -0.2) is 0 Å². The van der Waals surface area contributed by atoms with E-state index in [1.165, 1.54) is 0 Å². The van der Waals surface area contributed by atoms with Crippen molar-refractivity contribution in [3.05, 3.63) is 66.4 Å². The number of rotatable bonds is 4. The van der Waals surface area contributed by atoms with Crippen LogP contribution < -0.4 is 5.32 Å². The molecular formula is C23H23N3O2S. The lowest BCUT2D eigenvalue weighted by molar-refractivity contribution is -0.164. The molecule has 2 aromatic carbocycles. The number of aromatic nitrogens is 1. The van der Waals surface area contributed by atoms with Crippen LogP contribution in [0, 0.1) is 0 Å². The zero-order valence-corrected chi connectivity index (χ0v) is 16.9. The molecule has 2 aliphatic heterocycles. The molecule has 0 radical (unpaired) electrons. The first-order chi connectivity index (χ1) is 14.2. The van der Waals surface area contributed by atoms with E-state index in [9.17, 15) is 9.59 Å². The number of carbonyl (C=O) groups excluding carboxylic acids is 2. The zero-order chi connectivity index (χ0) is 19.8. The summed E-state index contributed by atoms with van der Waals surface area (Å²) in [7, 11) is 0. The Morgan fingerprint density at radius 3 is 2.66 bits per heavy atom. The minimum absolute atomic E-state index is 0.0234. The molecule has 5 rings (SSSR count). The molecule has 0 aliphatic carbocycles. The van der Waals surface area contributed by atoms with Crippen LogP contribution in [0.2, 0.25) is 0 Å². The molecular weight excluding hydrogens is 382 g/mol. The van der Waals surface area contributed by atoms with Crippen molar-refractivity contribution in [2.24, 2.45) is 0 Å². The number of likely N-dealkylation sites (tertiary alicyclic amines) is 1. The highest BCUT2D eigenvalue weighted by Gasteiger charge is 2.55. The lowest BCUT2D eigenvalue weighted by Gasteiger charge is -2.53. The average Bonchev–Trinajstić information content (AvgIpc) is 3.21. The molecule has 0 unspecified atom stereocenters. The molecule has 2 amide bonds. The van der Waals surface area contributed by atoms with E-state index in [-0.39, 0.29) is 17.9 Å². The maximum Gasteiger partial charge on any atom is 0.250 e. The van der Waals surface area contributed by atoms with E-state index in [1.807, 2.05) is 77.5 Å². The summed E-state index contributed by atoms with van der Waals surface area (Å²) in [6.45, 7) is 0. The molecule has 148 valence electrons. The van der Waals surface area contributed by atoms with Gasteiger partial charge in [-0.2, -0.15) is 11.8 Å². The van der Waals surface area contributed by atoms with Crippen molar-refractivity contribution in [2.45, 2.75) is 30.8 Å². The summed E-state index contributed by atoms with van der Waals surface area (Å²) in [6, 6.07) is 17.9. The fraction of sp³-hybridized carbons (Fsp3) is 0.304. The molecule has 3 aromatic rings. The Morgan fingerprint density at radius 1 is 1.10 bits per heavy atom. The Bertz CT molecular complexity index is 1060. The molecule has 2 aliphatic rings. The summed E-state index contributed by atoms with van der Waals surface area (Å²) < 4.78 is 0. The third-order valence-electron chi connectivity index (χ3n) is 6.15. The number of aromatic amines is 1. The summed E-state index contributed by atoms with van der Waals surface area (Å²) in [5.41, 5.74) is 2.12. The predicted molar refractivity (Wildman–Crippen MR) is 117 cm³/mol. The summed E-state index contributed by atoms with van der Waals surface area (Å²) in [5, 5.41) is 4.17. The smallest absolute Gasteiger partial charge is 0.250 e. The van der Waals surface area contributed by atoms with Gasteiger partial charge in [0.25, 0.3) is 0 Å². The highest BCUT2D eigenvalue weighted by atomic mass is 32.2. The van der Waals surface area contributed by atoms with Crippen LogP contribution in [0.4, 0.5) is 5.69 Å². The van der Waals surface area contributed by atoms with Gasteiger partial charge in [0.05, 0.1) is 12.5 Å². The van der Waals surface area contributed by atoms with Crippen molar-refractivity contribution in [3.63, 3.8) is 0 Å². The van der Waals surface area contributed by atoms with Crippen molar-refractivity contribution in [2.75, 3.05) is 16.8 Å². The van der Waals surface area contributed by atoms with E-state index in [0.717, 1.165) is 33.7 Å². The van der Waals surface area contributed by atoms with Gasteiger partial charge in [0, 0.05) is 22.8 Å². The van der Waals surface area contributed by atoms with Crippen LogP contribution >= 0.6 is 11.8 Å². The third kappa shape index (κ3) is 3.12. The summed E-state index contributed by atoms with van der Waals surface area (Å²) in [4.78, 5) is 31.4. The Kier molecular flexibility index (Phi) is 4.59. The van der Waals surface area contributed by atoms with Crippen LogP contribution in [0.3, 0.4) is 0 Å². The third-order valence-corrected chi connectivity index (χ3v) is 7.13. The molecule has 0 spiro atoms. The minimum Gasteiger partial charge on any atom is -0.361 e. The number of thioether (sulfide) groups is 1. The molecule has 0 bridgehead atoms. The van der Waals surface area contributed by atoms with Crippen molar-refractivity contribution >= 4 is 40.2 Å². The van der Waals surface area contributed by atoms with Crippen LogP contribution in [-0.4, -0.2) is 38.7 Å². The number of amides is 2. The molecule has 2 N–H and O–H groups in total. The zero-order valence-electron chi connectivity index (χ0n) is 16.1. The van der Waals surface area contributed by atoms with Gasteiger partial charge in [-0.15, -0.1) is 0 Å². The van der Waals surface area contributed by atoms with Crippen LogP contribution in [0.15, 0.2) is 60.8 Å². The lowest BCUT2D eigenvalue weighted by atomic mass is 9.80. The van der Waals surface area contributed by atoms with Gasteiger partial charge < -0.3 is 15.2 Å². The van der Waals surface area contributed by atoms with E-state index in [0.29, 0.717) is 19.3 Å². The molecule has 2 fully saturated rings. The molecule has 1 atom stereocenters. The number of H-pyrrole nitrogens is 1. The molecule has 3 heterocycles. The summed E-state index contributed by atoms with van der Waals surface area (Å²) >= 11 is 1.85. The molecule has 5 nitrogen and oxygen atoms in total. The second-order valence-electron chi connectivity index (χ2n) is 7.77. The van der Waals surface area contributed by atoms with Gasteiger partial charge in [0.1, 0.15) is 5.54 Å². The summed E-state index contributed by atoms with van der Waals surface area (Å²) in [5.74, 6) is 1.77. The Morgan fingerprint density at radius 2 is 1.90 bits per heavy atom. The second-order valence-corrected chi connectivity index (χ2v) is 9.00. The van der Waals surface area contributed by atoms with E-state index < -0.39 is 5.54 Å². The number of anilines is 1. The SMILES string of the molecule is O=C1C[C@@H](c2ccccc2)N1C1(C(=O)Nc2ccc3[nH]ccc3c2)CCSCC1. The number of nitrogens with one attached hydrogen (secondary N) is 2. The van der Waals surface area contributed by atoms with Crippen LogP contribution in [-0.2, 0) is 9.59 Å². The number of β-lactam (4-membered cyclic amide) rings is 1. The number of hydrogen-bond donors (Lipinski definition) is 2. The van der Waals surface area contributed by atoms with Gasteiger partial charge in [0.2, 0.25) is 11.8 Å². The van der Waals surface area contributed by atoms with Crippen LogP contribution in [0.25, 0.3) is 10.9 Å². The summed E-state index contributed by atoms with van der Waals surface area (Å²) in [6.07, 6.45) is 3.73. The van der Waals surface area contributed by atoms with Crippen molar-refractivity contribution < 1.29 is 9.59 Å². The predicted octanol–water partition coefficient (Wildman–Crippen LogP) is 4.35. The molecule has 2 saturated heterocycles. The number of fused-ring (bicyclic) bond motifs is 1. The van der Waals surface area contributed by atoms with Crippen molar-refractivity contribution in [3.8, 4) is 0 Å². The monoisotopic (exact) mass is 405 g/mol. The van der Waals surface area contributed by atoms with Gasteiger partial charge in [-0.1, -0.05) is 30.3 Å². The topological polar surface area (TPSA) is 65.2 Å². The Hall–Kier alpha value is -2.73. The fourth-order valence-corrected chi connectivity index (χ4v) is 5.73. The number of carbonyl (C=O) groups is 2. The number of nitrogens with zero attached hydrogens (tertiary/aromatic N) is 1. The number of benzene rings is 2. The fourth-order valence-electron chi connectivity index (χ4n) is 4.56. The van der Waals surface area contributed by atoms with Gasteiger partial charge in [0.15, 0.2) is 0 Å². The normalized spacial score (nSPS) is 21.0. The average molecular weight is 406 g/mol. The molecule has 29 heavy (non-hydrogen) atoms. The van der Waals surface area contributed by atoms with E-state index in [4.69, 9.17) is 0 Å². The van der Waals surface area contributed by atoms with Crippen LogP contribution in [0.5, 0.6) is 0 Å². The second kappa shape index (κ2) is 7.26. The van der Waals surface area contributed by atoms with Crippen molar-refractivity contribution in [1.82, 2.24) is 9.88 Å². The standard InChI is InChI=1S/C23H23N3O2S/c27-21-15-20(16-4-2-1-3-5-16)26(21)23(9-12-29-13-10-23)22(28)25-18-6-7-19-17(14-18)8-11-24-19/h1-8,11,14,20,24H,9-10,12-13,15H2,(H,25,28)/t20-/m0/s1. The minimum atomic E-state index is -0.784. The first-order valence-electron chi connectivity index (χ1n) is 10.0. The maximum atomic E-state index is 13.6. The van der Waals surface area contributed by atoms with Gasteiger partial charge >= 0.3 is 0 Å². The first kappa shape index (κ1) is 18.3. The largest absolute Gasteiger partial charge is 0.361 e. The van der Waals surface area contributed by atoms with Crippen LogP contribution in [0.1, 0.15) is 30.9 Å². The van der Waals surface area contributed by atoms with E-state index in [2.05, 4.69) is 10.3 Å². The van der Waals surface area contributed by atoms with E-state index >= 15 is 0 Å². The quantitative estimate of drug-likeness (QED) is 0.635. The van der Waals surface area contributed by atoms with Crippen molar-refractivity contribution in [1.29, 1.82) is 0 Å². The highest BCUT2D eigenvalue weighted by molar-refractivity contribution is 7.99. The van der Waals surface area contributed by atoms with Gasteiger partial charge in [-0.3, -0.25) is 9.59 Å².